The number of nitrogen functional groups attached to an aromatic ring is 1. The first-order valence-electron chi connectivity index (χ1n) is 18.8. The molecule has 1 aliphatic rings. The average Bonchev–Trinajstić information content (AvgIpc) is 3.60. The van der Waals surface area contributed by atoms with Gasteiger partial charge in [-0.25, -0.2) is 9.36 Å². The molecule has 1 aliphatic heterocycles. The van der Waals surface area contributed by atoms with Crippen molar-refractivity contribution < 1.29 is 23.1 Å². The van der Waals surface area contributed by atoms with Gasteiger partial charge in [0.25, 0.3) is 0 Å². The van der Waals surface area contributed by atoms with Crippen LogP contribution < -0.4 is 21.3 Å². The third kappa shape index (κ3) is 14.8. The summed E-state index contributed by atoms with van der Waals surface area (Å²) < 4.78 is 33.8. The van der Waals surface area contributed by atoms with Crippen LogP contribution >= 0.6 is 19.4 Å². The van der Waals surface area contributed by atoms with Crippen molar-refractivity contribution in [2.45, 2.75) is 115 Å². The molecule has 2 unspecified atom stereocenters. The largest absolute Gasteiger partial charge is 0.424 e. The van der Waals surface area contributed by atoms with Gasteiger partial charge in [-0.2, -0.15) is 4.98 Å². The van der Waals surface area contributed by atoms with Gasteiger partial charge in [0, 0.05) is 30.3 Å². The molecule has 2 heterocycles. The topological polar surface area (TPSA) is 135 Å². The summed E-state index contributed by atoms with van der Waals surface area (Å²) in [6.07, 6.45) is 22.6. The molecule has 3 atom stereocenters. The lowest BCUT2D eigenvalue weighted by Gasteiger charge is -2.22. The van der Waals surface area contributed by atoms with Crippen molar-refractivity contribution >= 4 is 41.9 Å². The van der Waals surface area contributed by atoms with Crippen molar-refractivity contribution in [2.24, 2.45) is 0 Å². The number of fused-ring (bicyclic) bond motifs is 1. The number of benzene rings is 2. The number of amides is 1. The fourth-order valence-electron chi connectivity index (χ4n) is 6.00. The monoisotopic (exact) mass is 740 g/mol. The highest BCUT2D eigenvalue weighted by molar-refractivity contribution is 8.00. The molecule has 4 rings (SSSR count). The van der Waals surface area contributed by atoms with E-state index in [0.717, 1.165) is 36.5 Å². The molecule has 1 saturated heterocycles. The molecule has 3 N–H and O–H groups in total. The first-order chi connectivity index (χ1) is 24.9. The Morgan fingerprint density at radius 1 is 0.980 bits per heavy atom. The van der Waals surface area contributed by atoms with Crippen LogP contribution in [-0.2, 0) is 18.6 Å². The summed E-state index contributed by atoms with van der Waals surface area (Å²) in [4.78, 5) is 28.6. The van der Waals surface area contributed by atoms with Crippen LogP contribution in [0.1, 0.15) is 109 Å². The number of allylic oxidation sites excluding steroid dienone is 2. The number of aromatic nitrogens is 2. The lowest BCUT2D eigenvalue weighted by Crippen LogP contribution is -2.28. The minimum atomic E-state index is -3.67. The number of nitrogens with two attached hydrogens (primary N) is 1. The quantitative estimate of drug-likeness (QED) is 0.0495. The van der Waals surface area contributed by atoms with Gasteiger partial charge in [0.15, 0.2) is 0 Å². The average molecular weight is 741 g/mol. The van der Waals surface area contributed by atoms with E-state index in [1.165, 1.54) is 74.1 Å². The van der Waals surface area contributed by atoms with Crippen LogP contribution in [0.3, 0.4) is 0 Å². The highest BCUT2D eigenvalue weighted by Gasteiger charge is 2.33. The van der Waals surface area contributed by atoms with Crippen molar-refractivity contribution in [1.29, 1.82) is 0 Å². The smallest absolute Gasteiger partial charge is 0.379 e. The molecule has 12 heteroatoms. The lowest BCUT2D eigenvalue weighted by atomic mass is 10.1. The van der Waals surface area contributed by atoms with E-state index < -0.39 is 24.9 Å². The van der Waals surface area contributed by atoms with Crippen LogP contribution in [0.4, 0.5) is 5.82 Å². The molecule has 0 aliphatic carbocycles. The number of hydrogen-bond donors (Lipinski definition) is 2. The molecule has 10 nitrogen and oxygen atoms in total. The number of carbonyl (C=O) groups is 1. The second-order valence-corrected chi connectivity index (χ2v) is 16.4. The fourth-order valence-corrected chi connectivity index (χ4v) is 8.73. The third-order valence-electron chi connectivity index (χ3n) is 8.89. The number of rotatable bonds is 25. The van der Waals surface area contributed by atoms with Gasteiger partial charge in [0.05, 0.1) is 12.8 Å². The van der Waals surface area contributed by atoms with E-state index in [1.807, 2.05) is 36.4 Å². The maximum Gasteiger partial charge on any atom is 0.379 e. The summed E-state index contributed by atoms with van der Waals surface area (Å²) in [5, 5.41) is 4.77. The molecule has 51 heavy (non-hydrogen) atoms. The molecule has 3 aromatic rings. The number of anilines is 1. The van der Waals surface area contributed by atoms with Crippen molar-refractivity contribution in [2.75, 3.05) is 30.8 Å². The van der Waals surface area contributed by atoms with Gasteiger partial charge in [-0.05, 0) is 56.0 Å². The molecule has 0 radical (unpaired) electrons. The van der Waals surface area contributed by atoms with E-state index in [0.29, 0.717) is 30.9 Å². The number of nitrogens with zero attached hydrogens (tertiary/aromatic N) is 2. The molecule has 0 spiro atoms. The van der Waals surface area contributed by atoms with Crippen LogP contribution in [0.15, 0.2) is 71.7 Å². The molecule has 1 fully saturated rings. The maximum atomic E-state index is 14.2. The van der Waals surface area contributed by atoms with E-state index in [4.69, 9.17) is 19.5 Å². The Labute approximate surface area is 307 Å². The maximum absolute atomic E-state index is 14.2. The van der Waals surface area contributed by atoms with E-state index >= 15 is 0 Å². The standard InChI is InChI=1S/C39H57N4O6PS/c1-2-3-4-5-6-7-8-9-10-11-12-13-14-15-16-25-36(44)41-27-20-29-50(46,49-34-24-19-22-32-21-17-18-23-33(32)34)47-30-38-48-37(31-51-38)43-28-26-35(40)42-39(43)45/h9-10,17-19,21-24,26,28,37-38H,2-8,11-16,20,25,27,29-31H2,1H3,(H,41,44)(H2,40,42,45)/b10-9-/t37?,38-,50?/m1/s1. The lowest BCUT2D eigenvalue weighted by molar-refractivity contribution is -0.121. The van der Waals surface area contributed by atoms with Gasteiger partial charge in [-0.3, -0.25) is 13.9 Å². The third-order valence-corrected chi connectivity index (χ3v) is 11.9. The Bertz CT molecular complexity index is 1610. The second-order valence-electron chi connectivity index (χ2n) is 13.1. The minimum absolute atomic E-state index is 0.00218. The Morgan fingerprint density at radius 2 is 1.69 bits per heavy atom. The van der Waals surface area contributed by atoms with Gasteiger partial charge in [0.2, 0.25) is 5.91 Å². The molecular formula is C39H57N4O6PS. The van der Waals surface area contributed by atoms with Crippen LogP contribution in [0.5, 0.6) is 5.75 Å². The van der Waals surface area contributed by atoms with Crippen molar-refractivity contribution in [1.82, 2.24) is 14.9 Å². The number of unbranched alkanes of at least 4 members (excludes halogenated alkanes) is 11. The van der Waals surface area contributed by atoms with Crippen LogP contribution in [0.25, 0.3) is 10.8 Å². The zero-order chi connectivity index (χ0) is 36.2. The zero-order valence-electron chi connectivity index (χ0n) is 30.2. The fraction of sp³-hybridized carbons (Fsp3) is 0.564. The van der Waals surface area contributed by atoms with E-state index in [1.54, 1.807) is 18.3 Å². The predicted molar refractivity (Wildman–Crippen MR) is 209 cm³/mol. The molecule has 1 amide bonds. The van der Waals surface area contributed by atoms with E-state index in [2.05, 4.69) is 29.4 Å². The van der Waals surface area contributed by atoms with Gasteiger partial charge < -0.3 is 20.3 Å². The summed E-state index contributed by atoms with van der Waals surface area (Å²) in [6, 6.07) is 14.9. The Morgan fingerprint density at radius 3 is 2.45 bits per heavy atom. The Hall–Kier alpha value is -3.11. The number of nitrogens with one attached hydrogen (secondary N) is 1. The van der Waals surface area contributed by atoms with Gasteiger partial charge in [-0.1, -0.05) is 107 Å². The molecule has 0 saturated carbocycles. The number of ether oxygens (including phenoxy) is 1. The van der Waals surface area contributed by atoms with Gasteiger partial charge >= 0.3 is 13.3 Å². The predicted octanol–water partition coefficient (Wildman–Crippen LogP) is 9.40. The van der Waals surface area contributed by atoms with Crippen molar-refractivity contribution in [3.8, 4) is 5.75 Å². The minimum Gasteiger partial charge on any atom is -0.424 e. The Balaban J connectivity index is 1.16. The molecule has 2 aromatic carbocycles. The summed E-state index contributed by atoms with van der Waals surface area (Å²) in [6.45, 7) is 2.63. The van der Waals surface area contributed by atoms with Crippen LogP contribution in [0, 0.1) is 0 Å². The molecule has 0 bridgehead atoms. The SMILES string of the molecule is CCCCCCCC/C=C\CCCCCCCC(=O)NCCCP(=O)(OC[C@@H]1OC(n2ccc(N)nc2=O)CS1)Oc1cccc2ccccc12. The van der Waals surface area contributed by atoms with Crippen LogP contribution in [0.2, 0.25) is 0 Å². The highest BCUT2D eigenvalue weighted by atomic mass is 32.2. The molecule has 1 aromatic heterocycles. The number of carbonyl (C=O) groups excluding carboxylic acids is 1. The number of hydrogen-bond acceptors (Lipinski definition) is 9. The first-order valence-corrected chi connectivity index (χ1v) is 21.6. The summed E-state index contributed by atoms with van der Waals surface area (Å²) in [5.41, 5.74) is 4.67. The summed E-state index contributed by atoms with van der Waals surface area (Å²) in [5.74, 6) is 1.12. The van der Waals surface area contributed by atoms with E-state index in [9.17, 15) is 14.2 Å². The number of thioether (sulfide) groups is 1. The Kier molecular flexibility index (Phi) is 18.1. The first kappa shape index (κ1) is 40.7. The van der Waals surface area contributed by atoms with Gasteiger partial charge in [0.1, 0.15) is 23.2 Å². The molecule has 280 valence electrons. The van der Waals surface area contributed by atoms with Crippen molar-refractivity contribution in [3.05, 3.63) is 77.4 Å². The highest BCUT2D eigenvalue weighted by Crippen LogP contribution is 2.51. The summed E-state index contributed by atoms with van der Waals surface area (Å²) in [7, 11) is -3.67. The van der Waals surface area contributed by atoms with Crippen molar-refractivity contribution in [3.63, 3.8) is 0 Å². The van der Waals surface area contributed by atoms with E-state index in [-0.39, 0.29) is 24.5 Å². The normalized spacial score (nSPS) is 17.2. The molecular weight excluding hydrogens is 683 g/mol. The summed E-state index contributed by atoms with van der Waals surface area (Å²) >= 11 is 1.46. The van der Waals surface area contributed by atoms with Crippen LogP contribution in [-0.4, -0.2) is 46.0 Å². The zero-order valence-corrected chi connectivity index (χ0v) is 31.9. The van der Waals surface area contributed by atoms with Gasteiger partial charge in [-0.15, -0.1) is 11.8 Å². The second kappa shape index (κ2) is 22.7.